The largest absolute Gasteiger partial charge is 0.385 e. The monoisotopic (exact) mass is 220 g/mol. The molecule has 88 valence electrons. The minimum Gasteiger partial charge on any atom is -0.385 e. The van der Waals surface area contributed by atoms with Crippen LogP contribution in [0.25, 0.3) is 0 Å². The molecule has 3 N–H and O–H groups in total. The van der Waals surface area contributed by atoms with Gasteiger partial charge >= 0.3 is 0 Å². The lowest BCUT2D eigenvalue weighted by molar-refractivity contribution is 0.601. The van der Waals surface area contributed by atoms with Gasteiger partial charge in [-0.3, -0.25) is 4.98 Å². The lowest BCUT2D eigenvalue weighted by Gasteiger charge is -2.24. The molecule has 1 aliphatic heterocycles. The van der Waals surface area contributed by atoms with E-state index < -0.39 is 0 Å². The molecule has 1 aromatic rings. The number of hydrogen-bond donors (Lipinski definition) is 2. The van der Waals surface area contributed by atoms with Gasteiger partial charge in [0.05, 0.1) is 17.6 Å². The molecule has 0 aromatic carbocycles. The molecule has 0 saturated carbocycles. The van der Waals surface area contributed by atoms with Gasteiger partial charge in [-0.2, -0.15) is 0 Å². The second kappa shape index (κ2) is 5.16. The van der Waals surface area contributed by atoms with Crippen LogP contribution in [-0.4, -0.2) is 31.2 Å². The molecule has 0 aliphatic carbocycles. The molecule has 0 radical (unpaired) electrons. The maximum absolute atomic E-state index is 5.99. The van der Waals surface area contributed by atoms with Gasteiger partial charge in [-0.1, -0.05) is 0 Å². The zero-order valence-electron chi connectivity index (χ0n) is 9.82. The van der Waals surface area contributed by atoms with Gasteiger partial charge in [0, 0.05) is 32.4 Å². The van der Waals surface area contributed by atoms with E-state index in [1.807, 2.05) is 19.4 Å². The van der Waals surface area contributed by atoms with Crippen molar-refractivity contribution in [3.05, 3.63) is 18.5 Å². The first-order chi connectivity index (χ1) is 7.81. The lowest BCUT2D eigenvalue weighted by atomic mass is 10.1. The summed E-state index contributed by atoms with van der Waals surface area (Å²) in [5, 5.41) is 3.19. The second-order valence-corrected chi connectivity index (χ2v) is 4.32. The van der Waals surface area contributed by atoms with Crippen LogP contribution in [0.15, 0.2) is 18.5 Å². The summed E-state index contributed by atoms with van der Waals surface area (Å²) in [6.45, 7) is 2.13. The number of anilines is 2. The fourth-order valence-electron chi connectivity index (χ4n) is 2.22. The first-order valence-electron chi connectivity index (χ1n) is 5.93. The molecule has 2 heterocycles. The van der Waals surface area contributed by atoms with Crippen LogP contribution in [0.1, 0.15) is 19.3 Å². The predicted molar refractivity (Wildman–Crippen MR) is 67.8 cm³/mol. The Bertz CT molecular complexity index is 340. The normalized spacial score (nSPS) is 21.6. The molecule has 1 fully saturated rings. The van der Waals surface area contributed by atoms with E-state index in [0.717, 1.165) is 31.6 Å². The molecular formula is C12H20N4. The van der Waals surface area contributed by atoms with Crippen molar-refractivity contribution in [3.63, 3.8) is 0 Å². The quantitative estimate of drug-likeness (QED) is 0.792. The summed E-state index contributed by atoms with van der Waals surface area (Å²) in [6, 6.07) is 2.44. The Kier molecular flexibility index (Phi) is 3.62. The third-order valence-electron chi connectivity index (χ3n) is 3.18. The van der Waals surface area contributed by atoms with Gasteiger partial charge in [-0.05, 0) is 25.3 Å². The zero-order chi connectivity index (χ0) is 11.4. The summed E-state index contributed by atoms with van der Waals surface area (Å²) in [7, 11) is 1.93. The van der Waals surface area contributed by atoms with E-state index in [1.165, 1.54) is 12.1 Å². The maximum Gasteiger partial charge on any atom is 0.0761 e. The van der Waals surface area contributed by atoms with Crippen molar-refractivity contribution in [1.29, 1.82) is 0 Å². The first kappa shape index (κ1) is 11.2. The summed E-state index contributed by atoms with van der Waals surface area (Å²) in [4.78, 5) is 6.54. The third-order valence-corrected chi connectivity index (χ3v) is 3.18. The summed E-state index contributed by atoms with van der Waals surface area (Å²) in [5.41, 5.74) is 8.33. The number of hydrogen-bond acceptors (Lipinski definition) is 4. The number of nitrogens with zero attached hydrogens (tertiary/aromatic N) is 2. The Hall–Kier alpha value is -1.29. The second-order valence-electron chi connectivity index (χ2n) is 4.32. The highest BCUT2D eigenvalue weighted by molar-refractivity contribution is 5.68. The van der Waals surface area contributed by atoms with Gasteiger partial charge in [0.2, 0.25) is 0 Å². The van der Waals surface area contributed by atoms with E-state index in [1.54, 1.807) is 0 Å². The van der Waals surface area contributed by atoms with Crippen molar-refractivity contribution in [3.8, 4) is 0 Å². The SMILES string of the molecule is CNc1cnccc1N1CCCC(N)CC1. The van der Waals surface area contributed by atoms with Gasteiger partial charge in [-0.25, -0.2) is 0 Å². The smallest absolute Gasteiger partial charge is 0.0761 e. The van der Waals surface area contributed by atoms with Crippen LogP contribution in [0.5, 0.6) is 0 Å². The molecule has 0 bridgehead atoms. The highest BCUT2D eigenvalue weighted by atomic mass is 15.1. The van der Waals surface area contributed by atoms with Crippen LogP contribution < -0.4 is 16.0 Å². The van der Waals surface area contributed by atoms with Crippen molar-refractivity contribution in [2.24, 2.45) is 5.73 Å². The van der Waals surface area contributed by atoms with Crippen LogP contribution in [0.3, 0.4) is 0 Å². The molecule has 1 aromatic heterocycles. The number of nitrogens with one attached hydrogen (secondary N) is 1. The molecule has 4 nitrogen and oxygen atoms in total. The van der Waals surface area contributed by atoms with Crippen LogP contribution >= 0.6 is 0 Å². The van der Waals surface area contributed by atoms with E-state index in [9.17, 15) is 0 Å². The molecule has 16 heavy (non-hydrogen) atoms. The molecule has 0 amide bonds. The third kappa shape index (κ3) is 2.44. The highest BCUT2D eigenvalue weighted by Gasteiger charge is 2.16. The molecule has 1 saturated heterocycles. The van der Waals surface area contributed by atoms with Gasteiger partial charge in [-0.15, -0.1) is 0 Å². The van der Waals surface area contributed by atoms with E-state index in [2.05, 4.69) is 21.3 Å². The Morgan fingerprint density at radius 3 is 3.12 bits per heavy atom. The van der Waals surface area contributed by atoms with Gasteiger partial charge in [0.1, 0.15) is 0 Å². The van der Waals surface area contributed by atoms with E-state index >= 15 is 0 Å². The highest BCUT2D eigenvalue weighted by Crippen LogP contribution is 2.26. The van der Waals surface area contributed by atoms with Crippen molar-refractivity contribution in [2.75, 3.05) is 30.4 Å². The summed E-state index contributed by atoms with van der Waals surface area (Å²) in [6.07, 6.45) is 7.11. The molecule has 2 rings (SSSR count). The van der Waals surface area contributed by atoms with Crippen molar-refractivity contribution in [1.82, 2.24) is 4.98 Å². The van der Waals surface area contributed by atoms with E-state index in [0.29, 0.717) is 6.04 Å². The number of aromatic nitrogens is 1. The van der Waals surface area contributed by atoms with Crippen molar-refractivity contribution < 1.29 is 0 Å². The predicted octanol–water partition coefficient (Wildman–Crippen LogP) is 1.44. The van der Waals surface area contributed by atoms with Gasteiger partial charge in [0.15, 0.2) is 0 Å². The van der Waals surface area contributed by atoms with Gasteiger partial charge < -0.3 is 16.0 Å². The molecule has 1 atom stereocenters. The Balaban J connectivity index is 2.16. The lowest BCUT2D eigenvalue weighted by Crippen LogP contribution is -2.27. The summed E-state index contributed by atoms with van der Waals surface area (Å²) in [5.74, 6) is 0. The Morgan fingerprint density at radius 2 is 2.31 bits per heavy atom. The number of pyridine rings is 1. The van der Waals surface area contributed by atoms with E-state index in [-0.39, 0.29) is 0 Å². The number of nitrogens with two attached hydrogens (primary N) is 1. The maximum atomic E-state index is 5.99. The van der Waals surface area contributed by atoms with Gasteiger partial charge in [0.25, 0.3) is 0 Å². The fourth-order valence-corrected chi connectivity index (χ4v) is 2.22. The Morgan fingerprint density at radius 1 is 1.44 bits per heavy atom. The fraction of sp³-hybridized carbons (Fsp3) is 0.583. The molecule has 1 aliphatic rings. The summed E-state index contributed by atoms with van der Waals surface area (Å²) >= 11 is 0. The summed E-state index contributed by atoms with van der Waals surface area (Å²) < 4.78 is 0. The minimum atomic E-state index is 0.366. The molecule has 4 heteroatoms. The first-order valence-corrected chi connectivity index (χ1v) is 5.93. The van der Waals surface area contributed by atoms with Crippen molar-refractivity contribution >= 4 is 11.4 Å². The standard InChI is InChI=1S/C12H20N4/c1-14-11-9-15-6-4-12(11)16-7-2-3-10(13)5-8-16/h4,6,9-10,14H,2-3,5,7-8,13H2,1H3. The van der Waals surface area contributed by atoms with Crippen LogP contribution in [-0.2, 0) is 0 Å². The average Bonchev–Trinajstić information content (AvgIpc) is 2.54. The van der Waals surface area contributed by atoms with Crippen LogP contribution in [0.2, 0.25) is 0 Å². The van der Waals surface area contributed by atoms with Crippen LogP contribution in [0.4, 0.5) is 11.4 Å². The molecular weight excluding hydrogens is 200 g/mol. The zero-order valence-corrected chi connectivity index (χ0v) is 9.82. The van der Waals surface area contributed by atoms with E-state index in [4.69, 9.17) is 5.73 Å². The van der Waals surface area contributed by atoms with Crippen LogP contribution in [0, 0.1) is 0 Å². The van der Waals surface area contributed by atoms with Crippen molar-refractivity contribution in [2.45, 2.75) is 25.3 Å². The molecule has 0 spiro atoms. The topological polar surface area (TPSA) is 54.2 Å². The average molecular weight is 220 g/mol. The molecule has 1 unspecified atom stereocenters. The minimum absolute atomic E-state index is 0.366. The number of rotatable bonds is 2. The Labute approximate surface area is 96.8 Å².